The molecule has 1 N–H and O–H groups in total. The standard InChI is InChI=1S/C20H39N/c1-5-19(16-10-7-6-8-11-16)21-18-13-9-12-17(14-15-18)20(2,3)4/h16-19,21H,5-15H2,1-4H3. The summed E-state index contributed by atoms with van der Waals surface area (Å²) in [4.78, 5) is 0. The Labute approximate surface area is 133 Å². The molecule has 0 amide bonds. The Balaban J connectivity index is 1.84. The number of hydrogen-bond donors (Lipinski definition) is 1. The molecule has 2 fully saturated rings. The van der Waals surface area contributed by atoms with Crippen LogP contribution in [0, 0.1) is 17.3 Å². The summed E-state index contributed by atoms with van der Waals surface area (Å²) in [5.41, 5.74) is 0.502. The summed E-state index contributed by atoms with van der Waals surface area (Å²) in [5, 5.41) is 4.09. The fourth-order valence-electron chi connectivity index (χ4n) is 4.76. The summed E-state index contributed by atoms with van der Waals surface area (Å²) < 4.78 is 0. The maximum atomic E-state index is 4.09. The minimum absolute atomic E-state index is 0.502. The molecule has 0 radical (unpaired) electrons. The fraction of sp³-hybridized carbons (Fsp3) is 1.00. The molecule has 2 saturated carbocycles. The van der Waals surface area contributed by atoms with Gasteiger partial charge in [0, 0.05) is 12.1 Å². The van der Waals surface area contributed by atoms with Gasteiger partial charge in [0.05, 0.1) is 0 Å². The lowest BCUT2D eigenvalue weighted by Crippen LogP contribution is -2.43. The molecule has 0 aromatic carbocycles. The van der Waals surface area contributed by atoms with Crippen molar-refractivity contribution in [2.45, 2.75) is 110 Å². The van der Waals surface area contributed by atoms with Crippen LogP contribution in [0.3, 0.4) is 0 Å². The zero-order valence-corrected chi connectivity index (χ0v) is 15.1. The van der Waals surface area contributed by atoms with Crippen LogP contribution in [-0.2, 0) is 0 Å². The molecule has 2 aliphatic rings. The molecule has 1 nitrogen and oxygen atoms in total. The van der Waals surface area contributed by atoms with Crippen LogP contribution in [0.1, 0.15) is 98.3 Å². The van der Waals surface area contributed by atoms with E-state index in [1.165, 1.54) is 70.6 Å². The summed E-state index contributed by atoms with van der Waals surface area (Å²) >= 11 is 0. The first-order valence-corrected chi connectivity index (χ1v) is 9.76. The van der Waals surface area contributed by atoms with Gasteiger partial charge in [-0.05, 0) is 62.2 Å². The number of rotatable bonds is 4. The summed E-state index contributed by atoms with van der Waals surface area (Å²) in [6.45, 7) is 9.69. The van der Waals surface area contributed by atoms with Gasteiger partial charge in [-0.25, -0.2) is 0 Å². The number of nitrogens with one attached hydrogen (secondary N) is 1. The second kappa shape index (κ2) is 7.99. The van der Waals surface area contributed by atoms with E-state index >= 15 is 0 Å². The van der Waals surface area contributed by atoms with Gasteiger partial charge in [0.2, 0.25) is 0 Å². The highest BCUT2D eigenvalue weighted by molar-refractivity contribution is 4.85. The van der Waals surface area contributed by atoms with Crippen molar-refractivity contribution in [3.05, 3.63) is 0 Å². The summed E-state index contributed by atoms with van der Waals surface area (Å²) in [7, 11) is 0. The first kappa shape index (κ1) is 17.3. The smallest absolute Gasteiger partial charge is 0.00952 e. The molecule has 2 aliphatic carbocycles. The third-order valence-corrected chi connectivity index (χ3v) is 6.30. The molecule has 0 bridgehead atoms. The van der Waals surface area contributed by atoms with Crippen LogP contribution >= 0.6 is 0 Å². The molecule has 0 saturated heterocycles. The lowest BCUT2D eigenvalue weighted by molar-refractivity contribution is 0.209. The van der Waals surface area contributed by atoms with E-state index in [2.05, 4.69) is 33.0 Å². The molecule has 3 atom stereocenters. The second-order valence-electron chi connectivity index (χ2n) is 8.85. The van der Waals surface area contributed by atoms with Gasteiger partial charge in [-0.15, -0.1) is 0 Å². The Morgan fingerprint density at radius 3 is 2.19 bits per heavy atom. The second-order valence-corrected chi connectivity index (χ2v) is 8.85. The van der Waals surface area contributed by atoms with Crippen LogP contribution in [0.2, 0.25) is 0 Å². The Bertz CT molecular complexity index is 285. The van der Waals surface area contributed by atoms with Gasteiger partial charge < -0.3 is 5.32 Å². The minimum atomic E-state index is 0.502. The van der Waals surface area contributed by atoms with E-state index in [4.69, 9.17) is 0 Å². The van der Waals surface area contributed by atoms with Crippen molar-refractivity contribution in [2.24, 2.45) is 17.3 Å². The Morgan fingerprint density at radius 1 is 0.857 bits per heavy atom. The van der Waals surface area contributed by atoms with Gasteiger partial charge >= 0.3 is 0 Å². The van der Waals surface area contributed by atoms with Crippen LogP contribution < -0.4 is 5.32 Å². The molecule has 1 heteroatoms. The molecule has 124 valence electrons. The Morgan fingerprint density at radius 2 is 1.57 bits per heavy atom. The average Bonchev–Trinajstić information content (AvgIpc) is 2.71. The van der Waals surface area contributed by atoms with Gasteiger partial charge in [0.1, 0.15) is 0 Å². The third-order valence-electron chi connectivity index (χ3n) is 6.30. The van der Waals surface area contributed by atoms with Gasteiger partial charge in [0.25, 0.3) is 0 Å². The van der Waals surface area contributed by atoms with Gasteiger partial charge in [-0.2, -0.15) is 0 Å². The molecule has 0 aromatic heterocycles. The van der Waals surface area contributed by atoms with Crippen molar-refractivity contribution in [1.82, 2.24) is 5.32 Å². The zero-order chi connectivity index (χ0) is 15.3. The monoisotopic (exact) mass is 293 g/mol. The topological polar surface area (TPSA) is 12.0 Å². The molecule has 0 spiro atoms. The van der Waals surface area contributed by atoms with E-state index in [9.17, 15) is 0 Å². The SMILES string of the molecule is CCC(NC1CCCC(C(C)(C)C)CC1)C1CCCCC1. The van der Waals surface area contributed by atoms with E-state index in [1.807, 2.05) is 0 Å². The van der Waals surface area contributed by atoms with E-state index < -0.39 is 0 Å². The quantitative estimate of drug-likeness (QED) is 0.633. The first-order valence-electron chi connectivity index (χ1n) is 9.76. The first-order chi connectivity index (χ1) is 10.0. The van der Waals surface area contributed by atoms with E-state index in [1.54, 1.807) is 0 Å². The van der Waals surface area contributed by atoms with E-state index in [0.717, 1.165) is 23.9 Å². The van der Waals surface area contributed by atoms with Gasteiger partial charge in [-0.3, -0.25) is 0 Å². The van der Waals surface area contributed by atoms with Gasteiger partial charge in [-0.1, -0.05) is 53.4 Å². The summed E-state index contributed by atoms with van der Waals surface area (Å²) in [5.74, 6) is 1.89. The maximum absolute atomic E-state index is 4.09. The molecular formula is C20H39N. The van der Waals surface area contributed by atoms with Crippen LogP contribution in [0.25, 0.3) is 0 Å². The van der Waals surface area contributed by atoms with Crippen molar-refractivity contribution >= 4 is 0 Å². The molecule has 21 heavy (non-hydrogen) atoms. The largest absolute Gasteiger partial charge is 0.311 e. The highest BCUT2D eigenvalue weighted by Gasteiger charge is 2.29. The van der Waals surface area contributed by atoms with Crippen LogP contribution in [0.15, 0.2) is 0 Å². The van der Waals surface area contributed by atoms with Crippen molar-refractivity contribution in [3.8, 4) is 0 Å². The Hall–Kier alpha value is -0.0400. The fourth-order valence-corrected chi connectivity index (χ4v) is 4.76. The predicted octanol–water partition coefficient (Wildman–Crippen LogP) is 5.93. The molecule has 0 aromatic rings. The normalized spacial score (nSPS) is 30.9. The lowest BCUT2D eigenvalue weighted by atomic mass is 9.76. The van der Waals surface area contributed by atoms with E-state index in [-0.39, 0.29) is 0 Å². The average molecular weight is 294 g/mol. The molecule has 3 unspecified atom stereocenters. The highest BCUT2D eigenvalue weighted by Crippen LogP contribution is 2.37. The van der Waals surface area contributed by atoms with Crippen molar-refractivity contribution < 1.29 is 0 Å². The summed E-state index contributed by atoms with van der Waals surface area (Å²) in [6, 6.07) is 1.59. The molecule has 0 aliphatic heterocycles. The number of hydrogen-bond acceptors (Lipinski definition) is 1. The molecular weight excluding hydrogens is 254 g/mol. The van der Waals surface area contributed by atoms with E-state index in [0.29, 0.717) is 5.41 Å². The Kier molecular flexibility index (Phi) is 6.59. The van der Waals surface area contributed by atoms with Crippen molar-refractivity contribution in [1.29, 1.82) is 0 Å². The highest BCUT2D eigenvalue weighted by atomic mass is 15.0. The zero-order valence-electron chi connectivity index (χ0n) is 15.1. The van der Waals surface area contributed by atoms with Crippen molar-refractivity contribution in [2.75, 3.05) is 0 Å². The van der Waals surface area contributed by atoms with Crippen LogP contribution in [-0.4, -0.2) is 12.1 Å². The minimum Gasteiger partial charge on any atom is -0.311 e. The van der Waals surface area contributed by atoms with Crippen molar-refractivity contribution in [3.63, 3.8) is 0 Å². The molecule has 2 rings (SSSR count). The summed E-state index contributed by atoms with van der Waals surface area (Å²) in [6.07, 6.45) is 15.8. The lowest BCUT2D eigenvalue weighted by Gasteiger charge is -2.34. The van der Waals surface area contributed by atoms with Crippen LogP contribution in [0.4, 0.5) is 0 Å². The van der Waals surface area contributed by atoms with Gasteiger partial charge in [0.15, 0.2) is 0 Å². The maximum Gasteiger partial charge on any atom is 0.00952 e. The predicted molar refractivity (Wildman–Crippen MR) is 93.6 cm³/mol. The molecule has 0 heterocycles. The van der Waals surface area contributed by atoms with Crippen LogP contribution in [0.5, 0.6) is 0 Å². The third kappa shape index (κ3) is 5.27.